The third-order valence-corrected chi connectivity index (χ3v) is 14.1. The van der Waals surface area contributed by atoms with Crippen LogP contribution in [0.4, 0.5) is 17.1 Å². The Hall–Kier alpha value is -7.68. The number of ether oxygens (including phenoxy) is 1. The molecular weight excluding hydrogens is 751 g/mol. The minimum Gasteiger partial charge on any atom is -0.455 e. The second-order valence-electron chi connectivity index (χ2n) is 17.6. The van der Waals surface area contributed by atoms with E-state index in [1.54, 1.807) is 0 Å². The summed E-state index contributed by atoms with van der Waals surface area (Å²) in [5, 5.41) is 4.59. The van der Waals surface area contributed by atoms with Crippen LogP contribution in [0, 0.1) is 0 Å². The van der Waals surface area contributed by atoms with Crippen LogP contribution < -0.4 is 9.64 Å². The molecule has 0 unspecified atom stereocenters. The van der Waals surface area contributed by atoms with Crippen molar-refractivity contribution in [2.45, 2.75) is 24.7 Å². The van der Waals surface area contributed by atoms with Crippen molar-refractivity contribution in [1.29, 1.82) is 0 Å². The molecule has 62 heavy (non-hydrogen) atoms. The molecule has 0 bridgehead atoms. The molecule has 13 rings (SSSR count). The summed E-state index contributed by atoms with van der Waals surface area (Å²) in [4.78, 5) is 2.39. The monoisotopic (exact) mass is 791 g/mol. The van der Waals surface area contributed by atoms with Crippen LogP contribution >= 0.6 is 0 Å². The van der Waals surface area contributed by atoms with Crippen molar-refractivity contribution in [1.82, 2.24) is 0 Å². The minimum absolute atomic E-state index is 0.0928. The zero-order valence-electron chi connectivity index (χ0n) is 34.6. The molecule has 1 heterocycles. The molecule has 0 N–H and O–H groups in total. The summed E-state index contributed by atoms with van der Waals surface area (Å²) in [6.45, 7) is 4.70. The van der Waals surface area contributed by atoms with Gasteiger partial charge in [0.15, 0.2) is 0 Å². The largest absolute Gasteiger partial charge is 0.455 e. The number of benzene rings is 10. The van der Waals surface area contributed by atoms with E-state index < -0.39 is 5.41 Å². The summed E-state index contributed by atoms with van der Waals surface area (Å²) >= 11 is 0. The first-order valence-electron chi connectivity index (χ1n) is 21.7. The second kappa shape index (κ2) is 12.9. The molecule has 3 aliphatic rings. The van der Waals surface area contributed by atoms with Crippen LogP contribution in [-0.2, 0) is 10.8 Å². The number of nitrogens with zero attached hydrogens (tertiary/aromatic N) is 1. The van der Waals surface area contributed by atoms with E-state index in [-0.39, 0.29) is 5.41 Å². The van der Waals surface area contributed by atoms with Crippen LogP contribution in [0.5, 0.6) is 11.5 Å². The molecular formula is C60H41NO. The van der Waals surface area contributed by atoms with E-state index >= 15 is 0 Å². The SMILES string of the molecule is CC1(C)c2ccccc2-c2ccc(N(c3ccccc3)c3ccc(-c4ccc5c(c4)C4(c6ccccc6-5)c5ccc6ccccc6c5Oc5c4ccc4ccccc54)cc3)cc21. The molecule has 292 valence electrons. The highest BCUT2D eigenvalue weighted by Crippen LogP contribution is 2.64. The molecule has 1 spiro atoms. The maximum atomic E-state index is 7.19. The fraction of sp³-hybridized carbons (Fsp3) is 0.0667. The summed E-state index contributed by atoms with van der Waals surface area (Å²) in [6, 6.07) is 78.3. The Labute approximate surface area is 362 Å². The second-order valence-corrected chi connectivity index (χ2v) is 17.6. The summed E-state index contributed by atoms with van der Waals surface area (Å²) in [6.07, 6.45) is 0. The number of rotatable bonds is 4. The van der Waals surface area contributed by atoms with E-state index in [1.807, 2.05) is 0 Å². The highest BCUT2D eigenvalue weighted by atomic mass is 16.5. The normalized spacial score (nSPS) is 14.4. The summed E-state index contributed by atoms with van der Waals surface area (Å²) in [5.41, 5.74) is 17.9. The standard InChI is InChI=1S/C60H41NO/c1-59(2)51-22-12-10-20-47(51)49-33-31-44(37-55(49)59)61(42-16-4-3-5-17-42)43-29-24-38(25-30-43)41-26-32-50-48-21-11-13-23-52(48)60(56(50)36-41)53-34-27-39-14-6-8-18-45(39)57(53)62-58-46-19-9-7-15-40(46)28-35-54(58)60/h3-37H,1-2H3. The molecule has 0 aromatic heterocycles. The Balaban J connectivity index is 0.982. The zero-order valence-corrected chi connectivity index (χ0v) is 34.6. The molecule has 10 aromatic carbocycles. The van der Waals surface area contributed by atoms with E-state index in [0.29, 0.717) is 0 Å². The van der Waals surface area contributed by atoms with Crippen LogP contribution in [0.2, 0.25) is 0 Å². The molecule has 1 aliphatic heterocycles. The molecule has 0 radical (unpaired) electrons. The van der Waals surface area contributed by atoms with Gasteiger partial charge in [-0.05, 0) is 109 Å². The Morgan fingerprint density at radius 1 is 0.339 bits per heavy atom. The average molecular weight is 792 g/mol. The first-order chi connectivity index (χ1) is 30.5. The predicted molar refractivity (Wildman–Crippen MR) is 257 cm³/mol. The number of hydrogen-bond acceptors (Lipinski definition) is 2. The lowest BCUT2D eigenvalue weighted by atomic mass is 9.65. The minimum atomic E-state index is -0.593. The Kier molecular flexibility index (Phi) is 7.31. The fourth-order valence-electron chi connectivity index (χ4n) is 11.2. The lowest BCUT2D eigenvalue weighted by molar-refractivity contribution is 0.447. The number of para-hydroxylation sites is 1. The lowest BCUT2D eigenvalue weighted by Gasteiger charge is -2.40. The number of fused-ring (bicyclic) bond motifs is 16. The van der Waals surface area contributed by atoms with Gasteiger partial charge in [-0.1, -0.05) is 184 Å². The molecule has 0 atom stereocenters. The van der Waals surface area contributed by atoms with Crippen LogP contribution in [0.1, 0.15) is 47.2 Å². The van der Waals surface area contributed by atoms with Crippen LogP contribution in [-0.4, -0.2) is 0 Å². The van der Waals surface area contributed by atoms with Gasteiger partial charge in [0.1, 0.15) is 11.5 Å². The Morgan fingerprint density at radius 3 is 1.53 bits per heavy atom. The molecule has 0 fully saturated rings. The number of hydrogen-bond donors (Lipinski definition) is 0. The maximum Gasteiger partial charge on any atom is 0.140 e. The van der Waals surface area contributed by atoms with Gasteiger partial charge in [0.2, 0.25) is 0 Å². The molecule has 0 amide bonds. The summed E-state index contributed by atoms with van der Waals surface area (Å²) in [5.74, 6) is 1.87. The summed E-state index contributed by atoms with van der Waals surface area (Å²) in [7, 11) is 0. The third kappa shape index (κ3) is 4.75. The Bertz CT molecular complexity index is 3380. The van der Waals surface area contributed by atoms with Crippen LogP contribution in [0.3, 0.4) is 0 Å². The van der Waals surface area contributed by atoms with E-state index in [2.05, 4.69) is 231 Å². The Morgan fingerprint density at radius 2 is 0.839 bits per heavy atom. The van der Waals surface area contributed by atoms with Crippen molar-refractivity contribution < 1.29 is 4.74 Å². The van der Waals surface area contributed by atoms with E-state index in [1.165, 1.54) is 77.5 Å². The molecule has 0 saturated heterocycles. The number of anilines is 3. The molecule has 10 aromatic rings. The van der Waals surface area contributed by atoms with Crippen molar-refractivity contribution in [3.8, 4) is 44.9 Å². The quantitative estimate of drug-likeness (QED) is 0.176. The molecule has 2 aliphatic carbocycles. The molecule has 0 saturated carbocycles. The van der Waals surface area contributed by atoms with Gasteiger partial charge >= 0.3 is 0 Å². The molecule has 2 nitrogen and oxygen atoms in total. The first-order valence-corrected chi connectivity index (χ1v) is 21.7. The molecule has 2 heteroatoms. The van der Waals surface area contributed by atoms with Crippen LogP contribution in [0.25, 0.3) is 54.9 Å². The van der Waals surface area contributed by atoms with Gasteiger partial charge in [0, 0.05) is 44.4 Å². The zero-order chi connectivity index (χ0) is 41.2. The van der Waals surface area contributed by atoms with Gasteiger partial charge in [-0.2, -0.15) is 0 Å². The smallest absolute Gasteiger partial charge is 0.140 e. The van der Waals surface area contributed by atoms with Crippen molar-refractivity contribution in [2.24, 2.45) is 0 Å². The van der Waals surface area contributed by atoms with Gasteiger partial charge in [-0.3, -0.25) is 0 Å². The third-order valence-electron chi connectivity index (χ3n) is 14.1. The average Bonchev–Trinajstić information content (AvgIpc) is 3.74. The van der Waals surface area contributed by atoms with Gasteiger partial charge < -0.3 is 9.64 Å². The van der Waals surface area contributed by atoms with Crippen molar-refractivity contribution in [2.75, 3.05) is 4.90 Å². The maximum absolute atomic E-state index is 7.19. The predicted octanol–water partition coefficient (Wildman–Crippen LogP) is 15.9. The van der Waals surface area contributed by atoms with Crippen molar-refractivity contribution >= 4 is 38.6 Å². The highest BCUT2D eigenvalue weighted by Gasteiger charge is 2.52. The van der Waals surface area contributed by atoms with E-state index in [0.717, 1.165) is 39.3 Å². The lowest BCUT2D eigenvalue weighted by Crippen LogP contribution is -2.32. The van der Waals surface area contributed by atoms with E-state index in [9.17, 15) is 0 Å². The van der Waals surface area contributed by atoms with Gasteiger partial charge in [-0.15, -0.1) is 0 Å². The van der Waals surface area contributed by atoms with Crippen molar-refractivity contribution in [3.63, 3.8) is 0 Å². The van der Waals surface area contributed by atoms with Gasteiger partial charge in [0.05, 0.1) is 5.41 Å². The summed E-state index contributed by atoms with van der Waals surface area (Å²) < 4.78 is 7.19. The highest BCUT2D eigenvalue weighted by molar-refractivity contribution is 6.00. The van der Waals surface area contributed by atoms with E-state index in [4.69, 9.17) is 4.74 Å². The van der Waals surface area contributed by atoms with Gasteiger partial charge in [0.25, 0.3) is 0 Å². The first kappa shape index (κ1) is 35.1. The van der Waals surface area contributed by atoms with Crippen LogP contribution in [0.15, 0.2) is 212 Å². The fourth-order valence-corrected chi connectivity index (χ4v) is 11.2. The topological polar surface area (TPSA) is 12.5 Å². The van der Waals surface area contributed by atoms with Crippen molar-refractivity contribution in [3.05, 3.63) is 246 Å². The van der Waals surface area contributed by atoms with Gasteiger partial charge in [-0.25, -0.2) is 0 Å².